The van der Waals surface area contributed by atoms with Crippen LogP contribution >= 0.6 is 15.9 Å². The van der Waals surface area contributed by atoms with Crippen LogP contribution in [0.15, 0.2) is 16.6 Å². The molecule has 17 heavy (non-hydrogen) atoms. The fourth-order valence-corrected chi connectivity index (χ4v) is 1.56. The Morgan fingerprint density at radius 1 is 1.59 bits per heavy atom. The smallest absolute Gasteiger partial charge is 0.242 e. The molecule has 0 aromatic carbocycles. The van der Waals surface area contributed by atoms with E-state index in [1.54, 1.807) is 6.07 Å². The second-order valence-corrected chi connectivity index (χ2v) is 5.02. The molecule has 0 fully saturated rings. The van der Waals surface area contributed by atoms with E-state index in [-0.39, 0.29) is 11.8 Å². The molecule has 0 saturated heterocycles. The number of nitrogens with two attached hydrogens (primary N) is 1. The first-order valence-electron chi connectivity index (χ1n) is 5.65. The normalized spacial score (nSPS) is 14.2. The van der Waals surface area contributed by atoms with Gasteiger partial charge in [-0.05, 0) is 40.9 Å². The highest BCUT2D eigenvalue weighted by atomic mass is 79.9. The number of aryl methyl sites for hydroxylation is 1. The number of aromatic nitrogens is 1. The minimum absolute atomic E-state index is 0.159. The lowest BCUT2D eigenvalue weighted by Crippen LogP contribution is -2.40. The summed E-state index contributed by atoms with van der Waals surface area (Å²) in [5.74, 6) is 0.509. The molecule has 1 amide bonds. The van der Waals surface area contributed by atoms with Crippen LogP contribution in [-0.4, -0.2) is 16.9 Å². The van der Waals surface area contributed by atoms with Crippen LogP contribution in [0.4, 0.5) is 5.82 Å². The topological polar surface area (TPSA) is 68.0 Å². The largest absolute Gasteiger partial charge is 0.320 e. The zero-order valence-electron chi connectivity index (χ0n) is 10.3. The lowest BCUT2D eigenvalue weighted by molar-refractivity contribution is -0.118. The van der Waals surface area contributed by atoms with E-state index in [0.717, 1.165) is 16.6 Å². The average Bonchev–Trinajstić information content (AvgIpc) is 2.31. The van der Waals surface area contributed by atoms with Crippen molar-refractivity contribution in [3.8, 4) is 0 Å². The van der Waals surface area contributed by atoms with E-state index in [2.05, 4.69) is 26.2 Å². The van der Waals surface area contributed by atoms with Crippen LogP contribution in [-0.2, 0) is 4.79 Å². The van der Waals surface area contributed by atoms with Crippen LogP contribution in [0.1, 0.15) is 26.0 Å². The van der Waals surface area contributed by atoms with Crippen LogP contribution in [0.2, 0.25) is 0 Å². The SMILES string of the molecule is CCC(C)[C@H](N)C(=O)Nc1ccc(Br)c(C)n1. The van der Waals surface area contributed by atoms with Gasteiger partial charge >= 0.3 is 0 Å². The van der Waals surface area contributed by atoms with Gasteiger partial charge in [-0.2, -0.15) is 0 Å². The summed E-state index contributed by atoms with van der Waals surface area (Å²) in [5, 5.41) is 2.73. The number of pyridine rings is 1. The van der Waals surface area contributed by atoms with E-state index in [1.807, 2.05) is 26.8 Å². The van der Waals surface area contributed by atoms with Crippen molar-refractivity contribution in [1.29, 1.82) is 0 Å². The van der Waals surface area contributed by atoms with Crippen molar-refractivity contribution in [2.24, 2.45) is 11.7 Å². The molecule has 0 saturated carbocycles. The average molecular weight is 300 g/mol. The highest BCUT2D eigenvalue weighted by molar-refractivity contribution is 9.10. The van der Waals surface area contributed by atoms with E-state index in [0.29, 0.717) is 5.82 Å². The maximum Gasteiger partial charge on any atom is 0.242 e. The molecule has 5 heteroatoms. The molecule has 0 spiro atoms. The summed E-state index contributed by atoms with van der Waals surface area (Å²) < 4.78 is 0.918. The van der Waals surface area contributed by atoms with Crippen molar-refractivity contribution in [3.05, 3.63) is 22.3 Å². The van der Waals surface area contributed by atoms with Crippen molar-refractivity contribution in [2.45, 2.75) is 33.2 Å². The number of nitrogens with zero attached hydrogens (tertiary/aromatic N) is 1. The second kappa shape index (κ2) is 6.12. The van der Waals surface area contributed by atoms with Crippen LogP contribution in [0.25, 0.3) is 0 Å². The number of carbonyl (C=O) groups is 1. The molecule has 1 aromatic rings. The van der Waals surface area contributed by atoms with E-state index in [4.69, 9.17) is 5.73 Å². The number of anilines is 1. The molecule has 94 valence electrons. The Kier molecular flexibility index (Phi) is 5.08. The van der Waals surface area contributed by atoms with Crippen molar-refractivity contribution < 1.29 is 4.79 Å². The second-order valence-electron chi connectivity index (χ2n) is 4.16. The molecule has 1 heterocycles. The van der Waals surface area contributed by atoms with E-state index < -0.39 is 6.04 Å². The van der Waals surface area contributed by atoms with Crippen molar-refractivity contribution >= 4 is 27.7 Å². The Morgan fingerprint density at radius 2 is 2.24 bits per heavy atom. The van der Waals surface area contributed by atoms with Gasteiger partial charge in [-0.15, -0.1) is 0 Å². The van der Waals surface area contributed by atoms with E-state index >= 15 is 0 Å². The van der Waals surface area contributed by atoms with Gasteiger partial charge in [-0.3, -0.25) is 4.79 Å². The molecular weight excluding hydrogens is 282 g/mol. The molecule has 0 bridgehead atoms. The minimum atomic E-state index is -0.495. The zero-order valence-corrected chi connectivity index (χ0v) is 11.9. The molecule has 1 unspecified atom stereocenters. The minimum Gasteiger partial charge on any atom is -0.320 e. The van der Waals surface area contributed by atoms with Gasteiger partial charge in [0, 0.05) is 4.47 Å². The summed E-state index contributed by atoms with van der Waals surface area (Å²) in [5.41, 5.74) is 6.67. The summed E-state index contributed by atoms with van der Waals surface area (Å²) >= 11 is 3.36. The van der Waals surface area contributed by atoms with E-state index in [9.17, 15) is 4.79 Å². The summed E-state index contributed by atoms with van der Waals surface area (Å²) in [4.78, 5) is 16.1. The van der Waals surface area contributed by atoms with Gasteiger partial charge < -0.3 is 11.1 Å². The summed E-state index contributed by atoms with van der Waals surface area (Å²) in [6.45, 7) is 5.85. The first kappa shape index (κ1) is 14.1. The zero-order chi connectivity index (χ0) is 13.0. The standard InChI is InChI=1S/C12H18BrN3O/c1-4-7(2)11(14)12(17)16-10-6-5-9(13)8(3)15-10/h5-7,11H,4,14H2,1-3H3,(H,15,16,17)/t7?,11-/m0/s1. The molecule has 0 radical (unpaired) electrons. The van der Waals surface area contributed by atoms with Crippen LogP contribution < -0.4 is 11.1 Å². The number of halogens is 1. The third-order valence-electron chi connectivity index (χ3n) is 2.83. The van der Waals surface area contributed by atoms with Gasteiger partial charge in [-0.1, -0.05) is 20.3 Å². The molecule has 3 N–H and O–H groups in total. The number of nitrogens with one attached hydrogen (secondary N) is 1. The first-order valence-corrected chi connectivity index (χ1v) is 6.44. The maximum atomic E-state index is 11.8. The molecular formula is C12H18BrN3O. The predicted octanol–water partition coefficient (Wildman–Crippen LogP) is 2.46. The Bertz CT molecular complexity index is 409. The van der Waals surface area contributed by atoms with Crippen LogP contribution in [0, 0.1) is 12.8 Å². The monoisotopic (exact) mass is 299 g/mol. The highest BCUT2D eigenvalue weighted by Crippen LogP contribution is 2.16. The predicted molar refractivity (Wildman–Crippen MR) is 72.7 cm³/mol. The number of carbonyl (C=O) groups excluding carboxylic acids is 1. The highest BCUT2D eigenvalue weighted by Gasteiger charge is 2.19. The van der Waals surface area contributed by atoms with Gasteiger partial charge in [0.15, 0.2) is 0 Å². The van der Waals surface area contributed by atoms with Gasteiger partial charge in [-0.25, -0.2) is 4.98 Å². The molecule has 0 aliphatic carbocycles. The number of amides is 1. The summed E-state index contributed by atoms with van der Waals surface area (Å²) in [6.07, 6.45) is 0.876. The molecule has 4 nitrogen and oxygen atoms in total. The number of rotatable bonds is 4. The third kappa shape index (κ3) is 3.78. The Balaban J connectivity index is 2.71. The molecule has 1 rings (SSSR count). The van der Waals surface area contributed by atoms with E-state index in [1.165, 1.54) is 0 Å². The Morgan fingerprint density at radius 3 is 2.76 bits per heavy atom. The summed E-state index contributed by atoms with van der Waals surface area (Å²) in [7, 11) is 0. The Hall–Kier alpha value is -0.940. The van der Waals surface area contributed by atoms with Gasteiger partial charge in [0.25, 0.3) is 0 Å². The number of hydrogen-bond acceptors (Lipinski definition) is 3. The molecule has 0 aliphatic heterocycles. The molecule has 0 aliphatic rings. The molecule has 2 atom stereocenters. The van der Waals surface area contributed by atoms with Crippen molar-refractivity contribution in [3.63, 3.8) is 0 Å². The van der Waals surface area contributed by atoms with Crippen molar-refractivity contribution in [2.75, 3.05) is 5.32 Å². The lowest BCUT2D eigenvalue weighted by atomic mass is 9.99. The maximum absolute atomic E-state index is 11.8. The van der Waals surface area contributed by atoms with Crippen molar-refractivity contribution in [1.82, 2.24) is 4.98 Å². The van der Waals surface area contributed by atoms with Gasteiger partial charge in [0.05, 0.1) is 11.7 Å². The van der Waals surface area contributed by atoms with Gasteiger partial charge in [0.1, 0.15) is 5.82 Å². The Labute approximate surface area is 110 Å². The lowest BCUT2D eigenvalue weighted by Gasteiger charge is -2.17. The quantitative estimate of drug-likeness (QED) is 0.897. The van der Waals surface area contributed by atoms with Crippen LogP contribution in [0.3, 0.4) is 0 Å². The summed E-state index contributed by atoms with van der Waals surface area (Å²) in [6, 6.07) is 3.11. The van der Waals surface area contributed by atoms with Gasteiger partial charge in [0.2, 0.25) is 5.91 Å². The first-order chi connectivity index (χ1) is 7.95. The third-order valence-corrected chi connectivity index (χ3v) is 3.67. The van der Waals surface area contributed by atoms with Crippen LogP contribution in [0.5, 0.6) is 0 Å². The number of hydrogen-bond donors (Lipinski definition) is 2. The molecule has 1 aromatic heterocycles. The fraction of sp³-hybridized carbons (Fsp3) is 0.500. The fourth-order valence-electron chi connectivity index (χ4n) is 1.34.